The predicted octanol–water partition coefficient (Wildman–Crippen LogP) is 6.87. The van der Waals surface area contributed by atoms with Crippen molar-refractivity contribution in [2.24, 2.45) is 11.8 Å². The Kier molecular flexibility index (Phi) is 11.6. The second-order valence-electron chi connectivity index (χ2n) is 15.7. The molecule has 2 aliphatic heterocycles. The third-order valence-corrected chi connectivity index (χ3v) is 11.3. The highest BCUT2D eigenvalue weighted by molar-refractivity contribution is 5.95. The van der Waals surface area contributed by atoms with Crippen LogP contribution >= 0.6 is 0 Å². The van der Waals surface area contributed by atoms with Gasteiger partial charge in [-0.3, -0.25) is 9.59 Å². The van der Waals surface area contributed by atoms with E-state index in [0.717, 1.165) is 70.0 Å². The molecule has 5 aromatic rings. The van der Waals surface area contributed by atoms with Crippen molar-refractivity contribution in [3.8, 4) is 28.0 Å². The molecule has 4 amide bonds. The summed E-state index contributed by atoms with van der Waals surface area (Å²) in [5.41, 5.74) is 6.90. The number of hydrogen-bond donors (Lipinski definition) is 4. The largest absolute Gasteiger partial charge is 0.496 e. The van der Waals surface area contributed by atoms with Crippen LogP contribution in [0.3, 0.4) is 0 Å². The van der Waals surface area contributed by atoms with Crippen molar-refractivity contribution in [2.45, 2.75) is 77.5 Å². The number of aromatic amines is 2. The van der Waals surface area contributed by atoms with E-state index >= 15 is 0 Å². The van der Waals surface area contributed by atoms with Crippen LogP contribution in [0.2, 0.25) is 0 Å². The number of ether oxygens (including phenoxy) is 3. The predicted molar refractivity (Wildman–Crippen MR) is 219 cm³/mol. The molecule has 0 radical (unpaired) electrons. The summed E-state index contributed by atoms with van der Waals surface area (Å²) in [6, 6.07) is 16.2. The molecule has 4 atom stereocenters. The number of methoxy groups -OCH3 is 3. The maximum absolute atomic E-state index is 13.8. The summed E-state index contributed by atoms with van der Waals surface area (Å²) >= 11 is 0. The number of imidazole rings is 2. The average molecular weight is 793 g/mol. The van der Waals surface area contributed by atoms with Crippen LogP contribution in [0.1, 0.15) is 77.1 Å². The highest BCUT2D eigenvalue weighted by Crippen LogP contribution is 2.40. The number of H-pyrrole nitrogens is 2. The number of aromatic nitrogens is 4. The van der Waals surface area contributed by atoms with Crippen LogP contribution in [0.15, 0.2) is 54.6 Å². The molecule has 2 aromatic heterocycles. The second kappa shape index (κ2) is 16.8. The summed E-state index contributed by atoms with van der Waals surface area (Å²) in [5, 5.41) is 5.42. The number of para-hydroxylation sites is 1. The molecule has 2 fully saturated rings. The normalized spacial score (nSPS) is 17.9. The Morgan fingerprint density at radius 1 is 0.690 bits per heavy atom. The molecule has 7 rings (SSSR count). The quantitative estimate of drug-likeness (QED) is 0.111. The van der Waals surface area contributed by atoms with Crippen LogP contribution in [0.4, 0.5) is 9.59 Å². The smallest absolute Gasteiger partial charge is 0.407 e. The number of carbonyl (C=O) groups is 4. The van der Waals surface area contributed by atoms with Gasteiger partial charge in [-0.25, -0.2) is 19.6 Å². The maximum Gasteiger partial charge on any atom is 0.407 e. The van der Waals surface area contributed by atoms with Gasteiger partial charge in [0.1, 0.15) is 29.5 Å². The number of alkyl carbamates (subject to hydrolysis) is 2. The Hall–Kier alpha value is -6.12. The van der Waals surface area contributed by atoms with Gasteiger partial charge in [0, 0.05) is 24.2 Å². The maximum atomic E-state index is 13.8. The second-order valence-corrected chi connectivity index (χ2v) is 15.7. The Bertz CT molecular complexity index is 2330. The van der Waals surface area contributed by atoms with Crippen molar-refractivity contribution in [2.75, 3.05) is 34.4 Å². The van der Waals surface area contributed by atoms with E-state index in [1.807, 2.05) is 80.0 Å². The van der Waals surface area contributed by atoms with E-state index in [2.05, 4.69) is 32.7 Å². The number of benzene rings is 3. The molecule has 0 spiro atoms. The topological polar surface area (TPSA) is 184 Å². The number of nitrogens with one attached hydrogen (secondary N) is 4. The molecule has 2 saturated heterocycles. The number of amides is 4. The first-order chi connectivity index (χ1) is 27.9. The van der Waals surface area contributed by atoms with Crippen LogP contribution in [0.5, 0.6) is 5.75 Å². The first-order valence-corrected chi connectivity index (χ1v) is 19.9. The molecule has 3 aromatic carbocycles. The highest BCUT2D eigenvalue weighted by atomic mass is 16.5. The summed E-state index contributed by atoms with van der Waals surface area (Å²) in [6.45, 7) is 8.73. The molecule has 15 nitrogen and oxygen atoms in total. The van der Waals surface area contributed by atoms with E-state index in [1.54, 1.807) is 7.11 Å². The van der Waals surface area contributed by atoms with Gasteiger partial charge in [0.05, 0.1) is 55.5 Å². The van der Waals surface area contributed by atoms with E-state index in [1.165, 1.54) is 14.2 Å². The minimum absolute atomic E-state index is 0.124. The summed E-state index contributed by atoms with van der Waals surface area (Å²) < 4.78 is 15.6. The summed E-state index contributed by atoms with van der Waals surface area (Å²) in [6.07, 6.45) is 1.88. The molecule has 0 aliphatic carbocycles. The van der Waals surface area contributed by atoms with E-state index in [-0.39, 0.29) is 35.7 Å². The molecule has 0 saturated carbocycles. The summed E-state index contributed by atoms with van der Waals surface area (Å²) in [4.78, 5) is 72.1. The average Bonchev–Trinajstić information content (AvgIpc) is 4.06. The Labute approximate surface area is 337 Å². The SMILES string of the molecule is COC(=O)N[C@H](C(=O)N1CCC[C@H]1c1nc2ccc(-c3ccc(-c4cccc5[nH]c([C@@H]6CCCN6C(=O)[C@@H](NC(=O)OC)C(C)C)nc45)c(OC)c3)cc2[nH]1)C(C)C. The lowest BCUT2D eigenvalue weighted by molar-refractivity contribution is -0.136. The summed E-state index contributed by atoms with van der Waals surface area (Å²) in [5.74, 6) is 1.50. The van der Waals surface area contributed by atoms with Crippen molar-refractivity contribution >= 4 is 46.1 Å². The zero-order chi connectivity index (χ0) is 41.2. The van der Waals surface area contributed by atoms with Crippen molar-refractivity contribution < 1.29 is 33.4 Å². The van der Waals surface area contributed by atoms with Gasteiger partial charge in [0.2, 0.25) is 11.8 Å². The lowest BCUT2D eigenvalue weighted by atomic mass is 9.98. The third-order valence-electron chi connectivity index (χ3n) is 11.3. The van der Waals surface area contributed by atoms with Gasteiger partial charge in [0.15, 0.2) is 0 Å². The third kappa shape index (κ3) is 7.77. The zero-order valence-corrected chi connectivity index (χ0v) is 34.0. The molecule has 0 unspecified atom stereocenters. The minimum Gasteiger partial charge on any atom is -0.496 e. The number of nitrogens with zero attached hydrogens (tertiary/aromatic N) is 4. The number of hydrogen-bond acceptors (Lipinski definition) is 9. The Morgan fingerprint density at radius 3 is 1.81 bits per heavy atom. The molecule has 4 N–H and O–H groups in total. The lowest BCUT2D eigenvalue weighted by Crippen LogP contribution is -2.51. The monoisotopic (exact) mass is 792 g/mol. The van der Waals surface area contributed by atoms with Crippen molar-refractivity contribution in [3.05, 3.63) is 66.2 Å². The van der Waals surface area contributed by atoms with Gasteiger partial charge in [-0.15, -0.1) is 0 Å². The first kappa shape index (κ1) is 40.1. The van der Waals surface area contributed by atoms with Crippen LogP contribution in [0, 0.1) is 11.8 Å². The van der Waals surface area contributed by atoms with Crippen molar-refractivity contribution in [3.63, 3.8) is 0 Å². The van der Waals surface area contributed by atoms with Gasteiger partial charge in [-0.2, -0.15) is 0 Å². The molecule has 58 heavy (non-hydrogen) atoms. The zero-order valence-electron chi connectivity index (χ0n) is 34.0. The lowest BCUT2D eigenvalue weighted by Gasteiger charge is -2.29. The molecule has 4 heterocycles. The fourth-order valence-corrected chi connectivity index (χ4v) is 8.27. The Balaban J connectivity index is 1.14. The van der Waals surface area contributed by atoms with E-state index in [9.17, 15) is 19.2 Å². The fraction of sp³-hybridized carbons (Fsp3) is 0.442. The van der Waals surface area contributed by atoms with Gasteiger partial charge >= 0.3 is 12.2 Å². The van der Waals surface area contributed by atoms with Crippen LogP contribution in [-0.2, 0) is 19.1 Å². The standard InChI is InChI=1S/C43H52N8O7/c1-23(2)35(48-42(54)57-6)40(52)50-19-9-13-32(50)38-44-29-18-16-25(21-31(29)46-38)26-15-17-27(34(22-26)56-5)28-11-8-12-30-37(28)47-39(45-30)33-14-10-20-51(33)41(53)36(24(3)4)49-43(55)58-7/h8,11-12,15-18,21-24,32-33,35-36H,9-10,13-14,19-20H2,1-7H3,(H,44,46)(H,45,47)(H,48,54)(H,49,55)/t32-,33-,35-,36-/m0/s1. The van der Waals surface area contributed by atoms with Crippen LogP contribution < -0.4 is 15.4 Å². The number of carbonyl (C=O) groups excluding carboxylic acids is 4. The number of likely N-dealkylation sites (tertiary alicyclic amines) is 2. The number of rotatable bonds is 11. The summed E-state index contributed by atoms with van der Waals surface area (Å²) in [7, 11) is 4.22. The van der Waals surface area contributed by atoms with Gasteiger partial charge in [0.25, 0.3) is 0 Å². The van der Waals surface area contributed by atoms with E-state index in [0.29, 0.717) is 30.5 Å². The van der Waals surface area contributed by atoms with E-state index < -0.39 is 24.3 Å². The molecule has 2 aliphatic rings. The van der Waals surface area contributed by atoms with Crippen molar-refractivity contribution in [1.82, 2.24) is 40.4 Å². The fourth-order valence-electron chi connectivity index (χ4n) is 8.27. The molecular formula is C43H52N8O7. The van der Waals surface area contributed by atoms with Crippen LogP contribution in [0.25, 0.3) is 44.3 Å². The number of fused-ring (bicyclic) bond motifs is 2. The van der Waals surface area contributed by atoms with Crippen molar-refractivity contribution in [1.29, 1.82) is 0 Å². The molecule has 0 bridgehead atoms. The highest BCUT2D eigenvalue weighted by Gasteiger charge is 2.39. The Morgan fingerprint density at radius 2 is 1.24 bits per heavy atom. The molecular weight excluding hydrogens is 741 g/mol. The molecule has 15 heteroatoms. The van der Waals surface area contributed by atoms with E-state index in [4.69, 9.17) is 24.2 Å². The minimum atomic E-state index is -0.721. The molecule has 306 valence electrons. The first-order valence-electron chi connectivity index (χ1n) is 19.9. The van der Waals surface area contributed by atoms with Crippen LogP contribution in [-0.4, -0.2) is 100 Å². The van der Waals surface area contributed by atoms with Gasteiger partial charge in [-0.05, 0) is 79.0 Å². The van der Waals surface area contributed by atoms with Gasteiger partial charge in [-0.1, -0.05) is 52.0 Å². The van der Waals surface area contributed by atoms with Gasteiger partial charge < -0.3 is 44.6 Å².